The third kappa shape index (κ3) is 1.74. The summed E-state index contributed by atoms with van der Waals surface area (Å²) in [6.07, 6.45) is 1.13. The summed E-state index contributed by atoms with van der Waals surface area (Å²) < 4.78 is 0. The van der Waals surface area contributed by atoms with E-state index < -0.39 is 0 Å². The molecule has 82 valence electrons. The van der Waals surface area contributed by atoms with Crippen LogP contribution in [0, 0.1) is 0 Å². The highest BCUT2D eigenvalue weighted by molar-refractivity contribution is 7.13. The number of hydrogen-bond acceptors (Lipinski definition) is 5. The Bertz CT molecular complexity index is 481. The maximum absolute atomic E-state index is 3.96. The Morgan fingerprint density at radius 1 is 1.44 bits per heavy atom. The molecule has 16 heavy (non-hydrogen) atoms. The van der Waals surface area contributed by atoms with Crippen LogP contribution >= 0.6 is 11.3 Å². The molecule has 2 heterocycles. The van der Waals surface area contributed by atoms with E-state index in [-0.39, 0.29) is 0 Å². The van der Waals surface area contributed by atoms with E-state index in [0.717, 1.165) is 24.6 Å². The number of hydrogen-bond donors (Lipinski definition) is 2. The van der Waals surface area contributed by atoms with E-state index in [2.05, 4.69) is 39.0 Å². The van der Waals surface area contributed by atoms with Crippen LogP contribution in [-0.4, -0.2) is 16.7 Å². The van der Waals surface area contributed by atoms with Crippen molar-refractivity contribution in [3.63, 3.8) is 0 Å². The molecule has 1 aliphatic rings. The Hall–Kier alpha value is -1.62. The lowest BCUT2D eigenvalue weighted by Crippen LogP contribution is -2.02. The summed E-state index contributed by atoms with van der Waals surface area (Å²) in [5, 5.41) is 15.3. The van der Waals surface area contributed by atoms with Gasteiger partial charge in [-0.25, -0.2) is 0 Å². The molecule has 0 atom stereocenters. The van der Waals surface area contributed by atoms with E-state index >= 15 is 0 Å². The maximum Gasteiger partial charge on any atom is 0.205 e. The summed E-state index contributed by atoms with van der Waals surface area (Å²) in [6, 6.07) is 6.44. The number of aromatic nitrogens is 2. The second-order valence-electron chi connectivity index (χ2n) is 3.73. The Morgan fingerprint density at radius 2 is 2.44 bits per heavy atom. The smallest absolute Gasteiger partial charge is 0.205 e. The Labute approximate surface area is 97.7 Å². The van der Waals surface area contributed by atoms with E-state index in [1.165, 1.54) is 28.2 Å². The minimum absolute atomic E-state index is 0.797. The van der Waals surface area contributed by atoms with Gasteiger partial charge in [-0.05, 0) is 17.5 Å². The van der Waals surface area contributed by atoms with Crippen molar-refractivity contribution in [2.75, 3.05) is 17.2 Å². The van der Waals surface area contributed by atoms with Gasteiger partial charge in [0.1, 0.15) is 5.51 Å². The van der Waals surface area contributed by atoms with Gasteiger partial charge in [0.25, 0.3) is 0 Å². The molecule has 0 spiro atoms. The molecule has 5 heteroatoms. The molecule has 0 radical (unpaired) electrons. The van der Waals surface area contributed by atoms with Gasteiger partial charge in [-0.15, -0.1) is 10.2 Å². The molecule has 1 aliphatic heterocycles. The Balaban J connectivity index is 1.78. The lowest BCUT2D eigenvalue weighted by Gasteiger charge is -2.08. The highest BCUT2D eigenvalue weighted by Gasteiger charge is 2.13. The SMILES string of the molecule is c1cc2c(c(CNc3nncs3)c1)NCC2. The molecule has 1 aromatic carbocycles. The molecule has 0 aliphatic carbocycles. The van der Waals surface area contributed by atoms with Crippen LogP contribution in [0.5, 0.6) is 0 Å². The first-order valence-corrected chi connectivity index (χ1v) is 6.16. The molecule has 0 unspecified atom stereocenters. The van der Waals surface area contributed by atoms with Crippen molar-refractivity contribution in [3.8, 4) is 0 Å². The van der Waals surface area contributed by atoms with Crippen LogP contribution in [0.4, 0.5) is 10.8 Å². The molecule has 0 amide bonds. The van der Waals surface area contributed by atoms with Gasteiger partial charge in [-0.2, -0.15) is 0 Å². The fourth-order valence-electron chi connectivity index (χ4n) is 1.98. The van der Waals surface area contributed by atoms with E-state index in [1.54, 1.807) is 5.51 Å². The van der Waals surface area contributed by atoms with Crippen LogP contribution in [0.2, 0.25) is 0 Å². The van der Waals surface area contributed by atoms with Crippen molar-refractivity contribution in [1.29, 1.82) is 0 Å². The second-order valence-corrected chi connectivity index (χ2v) is 4.56. The van der Waals surface area contributed by atoms with Gasteiger partial charge < -0.3 is 10.6 Å². The van der Waals surface area contributed by atoms with Crippen LogP contribution in [-0.2, 0) is 13.0 Å². The fraction of sp³-hybridized carbons (Fsp3) is 0.273. The Kier molecular flexibility index (Phi) is 2.46. The normalized spacial score (nSPS) is 13.2. The molecule has 2 N–H and O–H groups in total. The van der Waals surface area contributed by atoms with Crippen molar-refractivity contribution in [2.24, 2.45) is 0 Å². The van der Waals surface area contributed by atoms with Crippen LogP contribution in [0.15, 0.2) is 23.7 Å². The summed E-state index contributed by atoms with van der Waals surface area (Å²) in [4.78, 5) is 0. The molecule has 2 aromatic rings. The number of nitrogens with one attached hydrogen (secondary N) is 2. The predicted octanol–water partition coefficient (Wildman–Crippen LogP) is 2.12. The largest absolute Gasteiger partial charge is 0.384 e. The van der Waals surface area contributed by atoms with Gasteiger partial charge in [0, 0.05) is 18.8 Å². The van der Waals surface area contributed by atoms with Crippen molar-refractivity contribution in [2.45, 2.75) is 13.0 Å². The molecular weight excluding hydrogens is 220 g/mol. The van der Waals surface area contributed by atoms with Gasteiger partial charge >= 0.3 is 0 Å². The van der Waals surface area contributed by atoms with Gasteiger partial charge in [0.2, 0.25) is 5.13 Å². The van der Waals surface area contributed by atoms with Crippen LogP contribution < -0.4 is 10.6 Å². The molecular formula is C11H12N4S. The standard InChI is InChI=1S/C11H12N4S/c1-2-8-4-5-12-10(8)9(3-1)6-13-11-15-14-7-16-11/h1-3,7,12H,4-6H2,(H,13,15). The number of fused-ring (bicyclic) bond motifs is 1. The quantitative estimate of drug-likeness (QED) is 0.851. The van der Waals surface area contributed by atoms with E-state index in [9.17, 15) is 0 Å². The second kappa shape index (κ2) is 4.09. The third-order valence-corrected chi connectivity index (χ3v) is 3.37. The molecule has 0 bridgehead atoms. The van der Waals surface area contributed by atoms with Crippen molar-refractivity contribution >= 4 is 22.2 Å². The van der Waals surface area contributed by atoms with Crippen molar-refractivity contribution in [1.82, 2.24) is 10.2 Å². The van der Waals surface area contributed by atoms with Gasteiger partial charge in [-0.3, -0.25) is 0 Å². The monoisotopic (exact) mass is 232 g/mol. The average Bonchev–Trinajstić information content (AvgIpc) is 2.97. The van der Waals surface area contributed by atoms with E-state index in [1.807, 2.05) is 0 Å². The topological polar surface area (TPSA) is 49.8 Å². The number of anilines is 2. The molecule has 3 rings (SSSR count). The molecule has 1 aromatic heterocycles. The number of benzene rings is 1. The first-order valence-electron chi connectivity index (χ1n) is 5.28. The van der Waals surface area contributed by atoms with Gasteiger partial charge in [0.15, 0.2) is 0 Å². The number of nitrogens with zero attached hydrogens (tertiary/aromatic N) is 2. The van der Waals surface area contributed by atoms with E-state index in [0.29, 0.717) is 0 Å². The molecule has 0 saturated heterocycles. The first-order chi connectivity index (χ1) is 7.93. The van der Waals surface area contributed by atoms with Crippen LogP contribution in [0.1, 0.15) is 11.1 Å². The van der Waals surface area contributed by atoms with Crippen molar-refractivity contribution in [3.05, 3.63) is 34.8 Å². The summed E-state index contributed by atoms with van der Waals surface area (Å²) in [7, 11) is 0. The minimum atomic E-state index is 0.797. The lowest BCUT2D eigenvalue weighted by molar-refractivity contribution is 1.05. The minimum Gasteiger partial charge on any atom is -0.384 e. The highest BCUT2D eigenvalue weighted by Crippen LogP contribution is 2.26. The predicted molar refractivity (Wildman–Crippen MR) is 65.9 cm³/mol. The molecule has 0 fully saturated rings. The van der Waals surface area contributed by atoms with Crippen LogP contribution in [0.25, 0.3) is 0 Å². The van der Waals surface area contributed by atoms with Crippen molar-refractivity contribution < 1.29 is 0 Å². The summed E-state index contributed by atoms with van der Waals surface area (Å²) in [5.41, 5.74) is 5.73. The molecule has 4 nitrogen and oxygen atoms in total. The Morgan fingerprint density at radius 3 is 3.31 bits per heavy atom. The zero-order valence-corrected chi connectivity index (χ0v) is 9.55. The summed E-state index contributed by atoms with van der Waals surface area (Å²) >= 11 is 1.52. The lowest BCUT2D eigenvalue weighted by atomic mass is 10.1. The maximum atomic E-state index is 3.96. The van der Waals surface area contributed by atoms with Crippen LogP contribution in [0.3, 0.4) is 0 Å². The highest BCUT2D eigenvalue weighted by atomic mass is 32.1. The van der Waals surface area contributed by atoms with E-state index in [4.69, 9.17) is 0 Å². The average molecular weight is 232 g/mol. The zero-order valence-electron chi connectivity index (χ0n) is 8.73. The number of para-hydroxylation sites is 1. The molecule has 0 saturated carbocycles. The third-order valence-electron chi connectivity index (χ3n) is 2.72. The first kappa shape index (κ1) is 9.59. The summed E-state index contributed by atoms with van der Waals surface area (Å²) in [6.45, 7) is 1.84. The zero-order chi connectivity index (χ0) is 10.8. The fourth-order valence-corrected chi connectivity index (χ4v) is 2.42. The van der Waals surface area contributed by atoms with Gasteiger partial charge in [0.05, 0.1) is 0 Å². The number of rotatable bonds is 3. The van der Waals surface area contributed by atoms with Gasteiger partial charge in [-0.1, -0.05) is 29.5 Å². The summed E-state index contributed by atoms with van der Waals surface area (Å²) in [5.74, 6) is 0.